The summed E-state index contributed by atoms with van der Waals surface area (Å²) in [4.78, 5) is 31.5. The van der Waals surface area contributed by atoms with Crippen molar-refractivity contribution in [2.24, 2.45) is 0 Å². The maximum Gasteiger partial charge on any atom is 0.298 e. The Bertz CT molecular complexity index is 1610. The first-order chi connectivity index (χ1) is 16.0. The van der Waals surface area contributed by atoms with E-state index in [0.29, 0.717) is 26.9 Å². The highest BCUT2D eigenvalue weighted by molar-refractivity contribution is 6.33. The second kappa shape index (κ2) is 7.84. The minimum Gasteiger partial charge on any atom is -0.258 e. The van der Waals surface area contributed by atoms with E-state index in [-0.39, 0.29) is 33.8 Å². The Balaban J connectivity index is 1.98. The van der Waals surface area contributed by atoms with Crippen molar-refractivity contribution < 1.29 is 9.85 Å². The molecule has 3 aromatic carbocycles. The minimum atomic E-state index is -0.553. The topological polar surface area (TPSA) is 138 Å². The van der Waals surface area contributed by atoms with E-state index >= 15 is 0 Å². The van der Waals surface area contributed by atoms with Gasteiger partial charge in [0.2, 0.25) is 0 Å². The van der Waals surface area contributed by atoms with Crippen LogP contribution in [0.15, 0.2) is 67.0 Å². The predicted octanol–water partition coefficient (Wildman–Crippen LogP) is 5.38. The standard InChI is InChI=1S/C22H11ClN6O4/c23-16-7-3-1-5-12(16)21-14-9-19(29(32)33)22-15(10-25-27-22)20(14)24-11-17(26-21)13-6-2-4-8-18(13)28(30)31/h1-11H. The summed E-state index contributed by atoms with van der Waals surface area (Å²) in [6.45, 7) is 0. The van der Waals surface area contributed by atoms with E-state index in [4.69, 9.17) is 11.6 Å². The number of benzene rings is 3. The van der Waals surface area contributed by atoms with Gasteiger partial charge in [-0.1, -0.05) is 41.9 Å². The van der Waals surface area contributed by atoms with Crippen LogP contribution in [0.1, 0.15) is 0 Å². The first-order valence-electron chi connectivity index (χ1n) is 9.54. The lowest BCUT2D eigenvalue weighted by atomic mass is 10.0. The average Bonchev–Trinajstić information content (AvgIpc) is 3.21. The van der Waals surface area contributed by atoms with Crippen molar-refractivity contribution in [3.8, 4) is 22.5 Å². The van der Waals surface area contributed by atoms with Gasteiger partial charge in [-0.05, 0) is 12.1 Å². The Morgan fingerprint density at radius 1 is 0.788 bits per heavy atom. The zero-order chi connectivity index (χ0) is 23.1. The number of nitro groups is 2. The van der Waals surface area contributed by atoms with E-state index in [1.807, 2.05) is 0 Å². The fraction of sp³-hybridized carbons (Fsp3) is 0. The summed E-state index contributed by atoms with van der Waals surface area (Å²) in [6, 6.07) is 14.3. The van der Waals surface area contributed by atoms with Crippen LogP contribution in [0.3, 0.4) is 0 Å². The molecule has 0 aliphatic carbocycles. The molecule has 11 heteroatoms. The van der Waals surface area contributed by atoms with Crippen LogP contribution >= 0.6 is 11.6 Å². The number of fused-ring (bicyclic) bond motifs is 3. The molecular formula is C22H11ClN6O4. The predicted molar refractivity (Wildman–Crippen MR) is 122 cm³/mol. The van der Waals surface area contributed by atoms with Gasteiger partial charge >= 0.3 is 0 Å². The first kappa shape index (κ1) is 20.3. The number of para-hydroxylation sites is 1. The lowest BCUT2D eigenvalue weighted by molar-refractivity contribution is -0.384. The van der Waals surface area contributed by atoms with Crippen LogP contribution in [0.4, 0.5) is 11.4 Å². The molecule has 160 valence electrons. The molecular weight excluding hydrogens is 448 g/mol. The largest absolute Gasteiger partial charge is 0.298 e. The lowest BCUT2D eigenvalue weighted by Crippen LogP contribution is -1.93. The zero-order valence-corrected chi connectivity index (χ0v) is 17.3. The van der Waals surface area contributed by atoms with Gasteiger partial charge in [-0.2, -0.15) is 5.10 Å². The van der Waals surface area contributed by atoms with Crippen molar-refractivity contribution in [1.29, 1.82) is 0 Å². The third kappa shape index (κ3) is 3.38. The summed E-state index contributed by atoms with van der Waals surface area (Å²) in [7, 11) is 0. The van der Waals surface area contributed by atoms with Crippen LogP contribution in [0.5, 0.6) is 0 Å². The Kier molecular flexibility index (Phi) is 4.83. The molecule has 33 heavy (non-hydrogen) atoms. The second-order valence-corrected chi connectivity index (χ2v) is 7.42. The van der Waals surface area contributed by atoms with Crippen LogP contribution in [0, 0.1) is 20.2 Å². The van der Waals surface area contributed by atoms with Gasteiger partial charge in [0, 0.05) is 28.1 Å². The van der Waals surface area contributed by atoms with Gasteiger partial charge < -0.3 is 0 Å². The van der Waals surface area contributed by atoms with E-state index in [2.05, 4.69) is 20.2 Å². The summed E-state index contributed by atoms with van der Waals surface area (Å²) in [5.41, 5.74) is 1.25. The Hall–Kier alpha value is -4.57. The molecule has 0 saturated carbocycles. The Morgan fingerprint density at radius 3 is 2.21 bits per heavy atom. The maximum absolute atomic E-state index is 11.8. The summed E-state index contributed by atoms with van der Waals surface area (Å²) in [6.07, 6.45) is 2.78. The van der Waals surface area contributed by atoms with Crippen molar-refractivity contribution >= 4 is 44.8 Å². The monoisotopic (exact) mass is 458 g/mol. The molecule has 0 atom stereocenters. The Morgan fingerprint density at radius 2 is 1.48 bits per heavy atom. The molecule has 0 N–H and O–H groups in total. The highest BCUT2D eigenvalue weighted by Gasteiger charge is 2.23. The molecule has 0 fully saturated rings. The summed E-state index contributed by atoms with van der Waals surface area (Å²) < 4.78 is 0. The van der Waals surface area contributed by atoms with Crippen LogP contribution in [0.2, 0.25) is 5.02 Å². The van der Waals surface area contributed by atoms with E-state index < -0.39 is 9.85 Å². The van der Waals surface area contributed by atoms with E-state index in [1.54, 1.807) is 42.5 Å². The fourth-order valence-electron chi connectivity index (χ4n) is 3.67. The van der Waals surface area contributed by atoms with E-state index in [0.717, 1.165) is 0 Å². The van der Waals surface area contributed by atoms with Gasteiger partial charge in [0.15, 0.2) is 5.52 Å². The first-order valence-corrected chi connectivity index (χ1v) is 9.91. The molecule has 0 bridgehead atoms. The molecule has 2 heterocycles. The number of aromatic nitrogens is 4. The summed E-state index contributed by atoms with van der Waals surface area (Å²) in [5.74, 6) is 0. The van der Waals surface area contributed by atoms with Gasteiger partial charge in [0.05, 0.1) is 50.1 Å². The zero-order valence-electron chi connectivity index (χ0n) is 16.5. The summed E-state index contributed by atoms with van der Waals surface area (Å²) >= 11 is 6.45. The number of non-ortho nitro benzene ring substituents is 1. The number of rotatable bonds is 4. The number of halogens is 1. The van der Waals surface area contributed by atoms with Crippen LogP contribution in [0.25, 0.3) is 44.3 Å². The number of hydrogen-bond donors (Lipinski definition) is 0. The normalized spacial score (nSPS) is 11.1. The molecule has 10 nitrogen and oxygen atoms in total. The number of nitro benzene ring substituents is 2. The maximum atomic E-state index is 11.8. The molecule has 0 aliphatic heterocycles. The molecule has 0 radical (unpaired) electrons. The van der Waals surface area contributed by atoms with Crippen molar-refractivity contribution in [3.05, 3.63) is 92.2 Å². The van der Waals surface area contributed by atoms with Crippen LogP contribution < -0.4 is 0 Å². The quantitative estimate of drug-likeness (QED) is 0.258. The highest BCUT2D eigenvalue weighted by atomic mass is 35.5. The number of hydrogen-bond acceptors (Lipinski definition) is 8. The molecule has 0 aliphatic rings. The van der Waals surface area contributed by atoms with E-state index in [1.165, 1.54) is 24.5 Å². The molecule has 5 rings (SSSR count). The van der Waals surface area contributed by atoms with Crippen LogP contribution in [-0.4, -0.2) is 30.0 Å². The molecule has 0 unspecified atom stereocenters. The van der Waals surface area contributed by atoms with Crippen molar-refractivity contribution in [2.45, 2.75) is 0 Å². The van der Waals surface area contributed by atoms with Gasteiger partial charge in [-0.15, -0.1) is 5.10 Å². The molecule has 0 spiro atoms. The molecule has 5 aromatic rings. The Labute approximate surface area is 189 Å². The van der Waals surface area contributed by atoms with E-state index in [9.17, 15) is 20.2 Å². The molecule has 0 amide bonds. The van der Waals surface area contributed by atoms with Crippen molar-refractivity contribution in [2.75, 3.05) is 0 Å². The minimum absolute atomic E-state index is 0.0866. The highest BCUT2D eigenvalue weighted by Crippen LogP contribution is 2.38. The average molecular weight is 459 g/mol. The third-order valence-electron chi connectivity index (χ3n) is 5.14. The summed E-state index contributed by atoms with van der Waals surface area (Å²) in [5, 5.41) is 32.1. The molecule has 0 saturated heterocycles. The van der Waals surface area contributed by atoms with Crippen molar-refractivity contribution in [3.63, 3.8) is 0 Å². The third-order valence-corrected chi connectivity index (χ3v) is 5.47. The van der Waals surface area contributed by atoms with Gasteiger partial charge in [-0.25, -0.2) is 4.98 Å². The molecule has 2 aromatic heterocycles. The van der Waals surface area contributed by atoms with Gasteiger partial charge in [0.1, 0.15) is 0 Å². The number of nitrogens with zero attached hydrogens (tertiary/aromatic N) is 6. The fourth-order valence-corrected chi connectivity index (χ4v) is 3.90. The smallest absolute Gasteiger partial charge is 0.258 e. The van der Waals surface area contributed by atoms with Crippen LogP contribution in [-0.2, 0) is 0 Å². The lowest BCUT2D eigenvalue weighted by Gasteiger charge is -2.06. The second-order valence-electron chi connectivity index (χ2n) is 7.01. The van der Waals surface area contributed by atoms with Crippen molar-refractivity contribution in [1.82, 2.24) is 20.2 Å². The van der Waals surface area contributed by atoms with Gasteiger partial charge in [-0.3, -0.25) is 25.2 Å². The van der Waals surface area contributed by atoms with Gasteiger partial charge in [0.25, 0.3) is 11.4 Å². The SMILES string of the molecule is O=[N+]([O-])c1ccccc1-c1cnc2c(cc([N+](=O)[O-])c3nncc32)c(-c2ccccc2Cl)n1.